The maximum Gasteiger partial charge on any atom is 0.0431 e. The number of unbranched alkanes of at least 4 members (excludes halogenated alkanes) is 1. The van der Waals surface area contributed by atoms with Gasteiger partial charge in [0.1, 0.15) is 0 Å². The minimum absolute atomic E-state index is 0.0839. The molecule has 0 heterocycles. The molecule has 336 valence electrons. The molecule has 68 heavy (non-hydrogen) atoms. The number of benzene rings is 8. The molecule has 4 aliphatic carbocycles. The lowest BCUT2D eigenvalue weighted by atomic mass is 9.79. The van der Waals surface area contributed by atoms with Crippen LogP contribution in [0.2, 0.25) is 0 Å². The molecule has 0 fully saturated rings. The highest BCUT2D eigenvalue weighted by Crippen LogP contribution is 2.56. The zero-order valence-electron chi connectivity index (χ0n) is 41.3. The molecule has 0 bridgehead atoms. The summed E-state index contributed by atoms with van der Waals surface area (Å²) in [5.74, 6) is 0. The maximum absolute atomic E-state index is 9.34. The van der Waals surface area contributed by atoms with Gasteiger partial charge in [0.2, 0.25) is 0 Å². The molecule has 0 saturated heterocycles. The number of hydrogen-bond donors (Lipinski definition) is 1. The van der Waals surface area contributed by atoms with Crippen molar-refractivity contribution in [2.45, 2.75) is 103 Å². The first kappa shape index (κ1) is 42.8. The molecule has 4 aliphatic rings. The molecule has 0 aliphatic heterocycles. The molecule has 1 N–H and O–H groups in total. The van der Waals surface area contributed by atoms with Crippen LogP contribution in [0.3, 0.4) is 0 Å². The minimum Gasteiger partial charge on any atom is -0.396 e. The Morgan fingerprint density at radius 3 is 0.912 bits per heavy atom. The number of rotatable bonds is 8. The van der Waals surface area contributed by atoms with Gasteiger partial charge in [-0.2, -0.15) is 0 Å². The second-order valence-electron chi connectivity index (χ2n) is 22.7. The predicted molar refractivity (Wildman–Crippen MR) is 288 cm³/mol. The largest absolute Gasteiger partial charge is 0.396 e. The van der Waals surface area contributed by atoms with Gasteiger partial charge in [0.25, 0.3) is 0 Å². The van der Waals surface area contributed by atoms with Crippen LogP contribution in [0.1, 0.15) is 131 Å². The third-order valence-corrected chi connectivity index (χ3v) is 17.1. The lowest BCUT2D eigenvalue weighted by Crippen LogP contribution is -2.16. The van der Waals surface area contributed by atoms with Gasteiger partial charge in [-0.1, -0.05) is 177 Å². The fraction of sp³-hybridized carbons (Fsp3) is 0.254. The van der Waals surface area contributed by atoms with Crippen LogP contribution in [0.15, 0.2) is 152 Å². The third-order valence-electron chi connectivity index (χ3n) is 17.1. The molecule has 8 aromatic carbocycles. The third kappa shape index (κ3) is 6.10. The fourth-order valence-electron chi connectivity index (χ4n) is 12.9. The van der Waals surface area contributed by atoms with E-state index in [-0.39, 0.29) is 28.3 Å². The molecule has 0 aromatic heterocycles. The van der Waals surface area contributed by atoms with Gasteiger partial charge in [0.15, 0.2) is 0 Å². The number of hydrogen-bond acceptors (Lipinski definition) is 1. The van der Waals surface area contributed by atoms with Gasteiger partial charge in [0, 0.05) is 28.3 Å². The lowest BCUT2D eigenvalue weighted by Gasteiger charge is -2.24. The number of allylic oxidation sites excluding steroid dienone is 1. The highest BCUT2D eigenvalue weighted by molar-refractivity contribution is 5.91. The number of fused-ring (bicyclic) bond motifs is 12. The SMILES string of the molecule is C=C(C)c1ccc2c(c1)C(C)(C)c1cc(-c3ccc4c(c3)C(C)(C)c3cc(-c5ccc6c(c5)C(C)(C)c5cc(-c7ccc8c(c7)C(C)(C)c7cc(CCCCO)ccc7-8)ccc5-6)ccc3-4)ccc1-2. The Morgan fingerprint density at radius 1 is 0.353 bits per heavy atom. The van der Waals surface area contributed by atoms with E-state index in [1.54, 1.807) is 0 Å². The van der Waals surface area contributed by atoms with Crippen molar-refractivity contribution in [3.05, 3.63) is 208 Å². The van der Waals surface area contributed by atoms with E-state index < -0.39 is 0 Å². The molecule has 0 amide bonds. The summed E-state index contributed by atoms with van der Waals surface area (Å²) in [4.78, 5) is 0. The summed E-state index contributed by atoms with van der Waals surface area (Å²) in [6.07, 6.45) is 2.87. The van der Waals surface area contributed by atoms with Crippen LogP contribution in [0, 0.1) is 0 Å². The van der Waals surface area contributed by atoms with E-state index in [0.29, 0.717) is 0 Å². The van der Waals surface area contributed by atoms with Crippen molar-refractivity contribution >= 4 is 5.57 Å². The first-order valence-electron chi connectivity index (χ1n) is 24.9. The molecular formula is C67H62O. The van der Waals surface area contributed by atoms with Crippen molar-refractivity contribution in [2.75, 3.05) is 6.61 Å². The van der Waals surface area contributed by atoms with Crippen molar-refractivity contribution in [2.24, 2.45) is 0 Å². The molecule has 0 unspecified atom stereocenters. The van der Waals surface area contributed by atoms with Gasteiger partial charge >= 0.3 is 0 Å². The number of aryl methyl sites for hydroxylation is 1. The average Bonchev–Trinajstić information content (AvgIpc) is 3.90. The molecule has 1 heteroatoms. The molecule has 0 spiro atoms. The zero-order chi connectivity index (χ0) is 47.2. The van der Waals surface area contributed by atoms with Gasteiger partial charge < -0.3 is 5.11 Å². The lowest BCUT2D eigenvalue weighted by molar-refractivity contribution is 0.284. The quantitative estimate of drug-likeness (QED) is 0.151. The Kier molecular flexibility index (Phi) is 9.27. The Bertz CT molecular complexity index is 3490. The average molecular weight is 883 g/mol. The van der Waals surface area contributed by atoms with Gasteiger partial charge in [-0.05, 0) is 196 Å². The monoisotopic (exact) mass is 882 g/mol. The molecule has 0 saturated carbocycles. The molecule has 1 nitrogen and oxygen atoms in total. The molecule has 12 rings (SSSR count). The van der Waals surface area contributed by atoms with Crippen molar-refractivity contribution in [1.29, 1.82) is 0 Å². The highest BCUT2D eigenvalue weighted by atomic mass is 16.2. The smallest absolute Gasteiger partial charge is 0.0431 e. The normalized spacial score (nSPS) is 16.3. The molecular weight excluding hydrogens is 821 g/mol. The Morgan fingerprint density at radius 2 is 0.618 bits per heavy atom. The standard InChI is InChI=1S/C67H62O/c1-39(2)41-15-23-49-51-25-17-43(34-59(51)65(5,6)57(49)32-41)45-19-27-53-55-29-21-47(38-63(55)67(9,10)61(53)36-45)46-20-28-54-52-26-18-44(35-60(52)66(7,8)62(54)37-46)42-16-24-50-48-22-14-40(13-11-12-30-68)31-56(48)64(3,4)58(50)33-42/h14-29,31-38,68H,1,11-13,30H2,2-10H3. The molecule has 8 aromatic rings. The van der Waals surface area contributed by atoms with Crippen molar-refractivity contribution in [1.82, 2.24) is 0 Å². The zero-order valence-corrected chi connectivity index (χ0v) is 41.3. The second-order valence-corrected chi connectivity index (χ2v) is 22.7. The van der Waals surface area contributed by atoms with E-state index in [1.807, 2.05) is 0 Å². The first-order valence-corrected chi connectivity index (χ1v) is 24.9. The van der Waals surface area contributed by atoms with Gasteiger partial charge in [-0.15, -0.1) is 0 Å². The van der Waals surface area contributed by atoms with Gasteiger partial charge in [-0.25, -0.2) is 0 Å². The van der Waals surface area contributed by atoms with E-state index in [4.69, 9.17) is 0 Å². The fourth-order valence-corrected chi connectivity index (χ4v) is 12.9. The summed E-state index contributed by atoms with van der Waals surface area (Å²) in [5, 5.41) is 9.34. The summed E-state index contributed by atoms with van der Waals surface area (Å²) < 4.78 is 0. The van der Waals surface area contributed by atoms with Crippen LogP contribution in [0.25, 0.3) is 83.5 Å². The van der Waals surface area contributed by atoms with Crippen LogP contribution >= 0.6 is 0 Å². The van der Waals surface area contributed by atoms with Gasteiger partial charge in [0.05, 0.1) is 0 Å². The highest BCUT2D eigenvalue weighted by Gasteiger charge is 2.40. The van der Waals surface area contributed by atoms with Crippen molar-refractivity contribution < 1.29 is 5.11 Å². The minimum atomic E-state index is -0.152. The molecule has 0 radical (unpaired) electrons. The maximum atomic E-state index is 9.34. The number of aliphatic hydroxyl groups is 1. The van der Waals surface area contributed by atoms with E-state index in [9.17, 15) is 5.11 Å². The Labute approximate surface area is 404 Å². The summed E-state index contributed by atoms with van der Waals surface area (Å²) >= 11 is 0. The summed E-state index contributed by atoms with van der Waals surface area (Å²) in [6.45, 7) is 25.7. The van der Waals surface area contributed by atoms with E-state index in [1.165, 1.54) is 134 Å². The van der Waals surface area contributed by atoms with Crippen LogP contribution in [0.4, 0.5) is 0 Å². The first-order chi connectivity index (χ1) is 32.5. The molecule has 0 atom stereocenters. The summed E-state index contributed by atoms with van der Waals surface area (Å²) in [7, 11) is 0. The van der Waals surface area contributed by atoms with E-state index in [0.717, 1.165) is 24.8 Å². The summed E-state index contributed by atoms with van der Waals surface area (Å²) in [6, 6.07) is 56.9. The second kappa shape index (κ2) is 14.7. The van der Waals surface area contributed by atoms with Crippen LogP contribution in [-0.2, 0) is 28.1 Å². The van der Waals surface area contributed by atoms with Crippen molar-refractivity contribution in [3.8, 4) is 77.9 Å². The van der Waals surface area contributed by atoms with Crippen LogP contribution < -0.4 is 0 Å². The Balaban J connectivity index is 0.826. The van der Waals surface area contributed by atoms with E-state index in [2.05, 4.69) is 214 Å². The topological polar surface area (TPSA) is 20.2 Å². The van der Waals surface area contributed by atoms with Gasteiger partial charge in [-0.3, -0.25) is 0 Å². The summed E-state index contributed by atoms with van der Waals surface area (Å²) in [5.41, 5.74) is 32.8. The Hall–Kier alpha value is -6.54. The number of aliphatic hydroxyl groups excluding tert-OH is 1. The van der Waals surface area contributed by atoms with E-state index >= 15 is 0 Å². The van der Waals surface area contributed by atoms with Crippen LogP contribution in [-0.4, -0.2) is 11.7 Å². The van der Waals surface area contributed by atoms with Crippen molar-refractivity contribution in [3.63, 3.8) is 0 Å². The van der Waals surface area contributed by atoms with Crippen LogP contribution in [0.5, 0.6) is 0 Å². The predicted octanol–water partition coefficient (Wildman–Crippen LogP) is 17.3.